The van der Waals surface area contributed by atoms with Crippen LogP contribution >= 0.6 is 0 Å². The summed E-state index contributed by atoms with van der Waals surface area (Å²) in [6, 6.07) is 24.8. The summed E-state index contributed by atoms with van der Waals surface area (Å²) < 4.78 is 46.0. The maximum atomic E-state index is 13.0. The molecule has 2 aromatic heterocycles. The molecule has 244 valence electrons. The number of methoxy groups -OCH3 is 1. The molecule has 1 amide bonds. The van der Waals surface area contributed by atoms with Crippen LogP contribution in [0.2, 0.25) is 0 Å². The molecule has 0 radical (unpaired) electrons. The minimum atomic E-state index is -4.46. The summed E-state index contributed by atoms with van der Waals surface area (Å²) in [5.74, 6) is 0.351. The number of piperidine rings is 1. The van der Waals surface area contributed by atoms with Crippen LogP contribution in [-0.4, -0.2) is 58.9 Å². The Hall–Kier alpha value is -4.54. The van der Waals surface area contributed by atoms with E-state index in [1.807, 2.05) is 41.9 Å². The van der Waals surface area contributed by atoms with Gasteiger partial charge in [0.15, 0.2) is 0 Å². The Labute approximate surface area is 272 Å². The van der Waals surface area contributed by atoms with Gasteiger partial charge in [-0.05, 0) is 79.2 Å². The third-order valence-electron chi connectivity index (χ3n) is 9.03. The van der Waals surface area contributed by atoms with Crippen molar-refractivity contribution in [1.29, 1.82) is 0 Å². The number of nitrogens with zero attached hydrogens (tertiary/aromatic N) is 4. The van der Waals surface area contributed by atoms with Gasteiger partial charge in [-0.2, -0.15) is 18.3 Å². The van der Waals surface area contributed by atoms with E-state index in [1.54, 1.807) is 7.11 Å². The van der Waals surface area contributed by atoms with E-state index in [2.05, 4.69) is 57.8 Å². The minimum absolute atomic E-state index is 0.0559. The number of ether oxygens (including phenoxy) is 1. The quantitative estimate of drug-likeness (QED) is 0.162. The molecule has 6 rings (SSSR count). The molecule has 0 spiro atoms. The lowest BCUT2D eigenvalue weighted by Gasteiger charge is -2.38. The Morgan fingerprint density at radius 2 is 1.66 bits per heavy atom. The fourth-order valence-electron chi connectivity index (χ4n) is 6.48. The molecule has 1 atom stereocenters. The van der Waals surface area contributed by atoms with E-state index in [0.29, 0.717) is 30.2 Å². The van der Waals surface area contributed by atoms with Crippen molar-refractivity contribution < 1.29 is 22.7 Å². The first-order valence-electron chi connectivity index (χ1n) is 15.9. The van der Waals surface area contributed by atoms with Gasteiger partial charge in [0.25, 0.3) is 5.91 Å². The van der Waals surface area contributed by atoms with E-state index in [0.717, 1.165) is 66.1 Å². The van der Waals surface area contributed by atoms with Gasteiger partial charge in [0, 0.05) is 49.1 Å². The van der Waals surface area contributed by atoms with E-state index in [4.69, 9.17) is 9.84 Å². The van der Waals surface area contributed by atoms with Crippen LogP contribution in [0.1, 0.15) is 51.6 Å². The van der Waals surface area contributed by atoms with Crippen molar-refractivity contribution in [1.82, 2.24) is 25.0 Å². The average molecular weight is 642 g/mol. The van der Waals surface area contributed by atoms with Gasteiger partial charge >= 0.3 is 6.18 Å². The van der Waals surface area contributed by atoms with Gasteiger partial charge in [-0.15, -0.1) is 0 Å². The van der Waals surface area contributed by atoms with Crippen molar-refractivity contribution in [3.8, 4) is 11.1 Å². The number of benzene rings is 3. The zero-order chi connectivity index (χ0) is 33.0. The Balaban J connectivity index is 1.14. The number of carbonyl (C=O) groups is 1. The minimum Gasteiger partial charge on any atom is -0.383 e. The Morgan fingerprint density at radius 1 is 0.957 bits per heavy atom. The highest BCUT2D eigenvalue weighted by Crippen LogP contribution is 2.35. The van der Waals surface area contributed by atoms with E-state index < -0.39 is 11.9 Å². The van der Waals surface area contributed by atoms with Crippen molar-refractivity contribution in [3.05, 3.63) is 119 Å². The summed E-state index contributed by atoms with van der Waals surface area (Å²) >= 11 is 0. The molecule has 1 N–H and O–H groups in total. The Morgan fingerprint density at radius 3 is 2.32 bits per heavy atom. The zero-order valence-electron chi connectivity index (χ0n) is 26.5. The molecule has 3 heterocycles. The molecule has 7 nitrogen and oxygen atoms in total. The summed E-state index contributed by atoms with van der Waals surface area (Å²) in [4.78, 5) is 18.8. The monoisotopic (exact) mass is 641 g/mol. The highest BCUT2D eigenvalue weighted by molar-refractivity contribution is 6.00. The van der Waals surface area contributed by atoms with Gasteiger partial charge in [0.1, 0.15) is 5.69 Å². The molecule has 1 fully saturated rings. The van der Waals surface area contributed by atoms with Crippen LogP contribution in [0.5, 0.6) is 0 Å². The zero-order valence-corrected chi connectivity index (χ0v) is 26.5. The van der Waals surface area contributed by atoms with E-state index >= 15 is 0 Å². The third kappa shape index (κ3) is 7.39. The van der Waals surface area contributed by atoms with E-state index in [-0.39, 0.29) is 11.9 Å². The lowest BCUT2D eigenvalue weighted by Crippen LogP contribution is -2.38. The molecule has 1 aliphatic heterocycles. The smallest absolute Gasteiger partial charge is 0.383 e. The normalized spacial score (nSPS) is 15.2. The Bertz CT molecular complexity index is 1800. The number of hydrogen-bond acceptors (Lipinski definition) is 5. The highest BCUT2D eigenvalue weighted by atomic mass is 19.4. The lowest BCUT2D eigenvalue weighted by atomic mass is 9.90. The number of rotatable bonds is 10. The first kappa shape index (κ1) is 32.4. The first-order chi connectivity index (χ1) is 22.7. The fourth-order valence-corrected chi connectivity index (χ4v) is 6.48. The van der Waals surface area contributed by atoms with Gasteiger partial charge in [-0.1, -0.05) is 60.7 Å². The van der Waals surface area contributed by atoms with Crippen LogP contribution < -0.4 is 5.32 Å². The van der Waals surface area contributed by atoms with Crippen molar-refractivity contribution in [3.63, 3.8) is 0 Å². The number of halogens is 3. The maximum Gasteiger partial charge on any atom is 0.433 e. The number of aromatic nitrogens is 3. The SMILES string of the molecule is COCCNC(=O)c1ccc2nn(CC3CCN(C(c4ccccc4)c4ccc(-c5ccc(C(F)(F)F)nc5)cc4)CC3)cc2c1C. The second-order valence-corrected chi connectivity index (χ2v) is 12.1. The summed E-state index contributed by atoms with van der Waals surface area (Å²) in [5.41, 5.74) is 5.36. The van der Waals surface area contributed by atoms with Crippen LogP contribution in [0, 0.1) is 12.8 Å². The molecular formula is C37H38F3N5O2. The molecule has 1 saturated heterocycles. The van der Waals surface area contributed by atoms with Crippen LogP contribution in [-0.2, 0) is 17.5 Å². The van der Waals surface area contributed by atoms with Crippen LogP contribution in [0.3, 0.4) is 0 Å². The number of alkyl halides is 3. The molecule has 1 aliphatic rings. The molecule has 0 bridgehead atoms. The molecular weight excluding hydrogens is 603 g/mol. The van der Waals surface area contributed by atoms with Gasteiger partial charge in [-0.25, -0.2) is 0 Å². The standard InChI is InChI=1S/C37H38F3N5O2/c1-25-31(36(46)41-18-21-47-2)13-14-33-32(25)24-45(43-33)23-26-16-19-44(20-17-26)35(28-6-4-3-5-7-28)29-10-8-27(9-11-29)30-12-15-34(42-22-30)37(38,39)40/h3-15,22,24,26,35H,16-21,23H2,1-2H3,(H,41,46). The number of likely N-dealkylation sites (tertiary alicyclic amines) is 1. The molecule has 0 saturated carbocycles. The number of hydrogen-bond donors (Lipinski definition) is 1. The van der Waals surface area contributed by atoms with Crippen LogP contribution in [0.25, 0.3) is 22.0 Å². The van der Waals surface area contributed by atoms with Gasteiger partial charge in [0.2, 0.25) is 0 Å². The maximum absolute atomic E-state index is 13.0. The predicted octanol–water partition coefficient (Wildman–Crippen LogP) is 7.30. The summed E-state index contributed by atoms with van der Waals surface area (Å²) in [7, 11) is 1.61. The molecule has 5 aromatic rings. The average Bonchev–Trinajstić information content (AvgIpc) is 3.50. The first-order valence-corrected chi connectivity index (χ1v) is 15.9. The van der Waals surface area contributed by atoms with E-state index in [9.17, 15) is 18.0 Å². The summed E-state index contributed by atoms with van der Waals surface area (Å²) in [6.45, 7) is 5.53. The van der Waals surface area contributed by atoms with Crippen LogP contribution in [0.4, 0.5) is 13.2 Å². The predicted molar refractivity (Wildman–Crippen MR) is 176 cm³/mol. The third-order valence-corrected chi connectivity index (χ3v) is 9.03. The molecule has 3 aromatic carbocycles. The van der Waals surface area contributed by atoms with Gasteiger partial charge in [0.05, 0.1) is 18.2 Å². The number of aryl methyl sites for hydroxylation is 1. The fraction of sp³-hybridized carbons (Fsp3) is 0.324. The molecule has 47 heavy (non-hydrogen) atoms. The number of nitrogens with one attached hydrogen (secondary N) is 1. The second-order valence-electron chi connectivity index (χ2n) is 12.1. The van der Waals surface area contributed by atoms with Crippen molar-refractivity contribution >= 4 is 16.8 Å². The second kappa shape index (κ2) is 14.1. The number of amides is 1. The largest absolute Gasteiger partial charge is 0.433 e. The van der Waals surface area contributed by atoms with E-state index in [1.165, 1.54) is 17.8 Å². The van der Waals surface area contributed by atoms with Gasteiger partial charge < -0.3 is 10.1 Å². The molecule has 10 heteroatoms. The summed E-state index contributed by atoms with van der Waals surface area (Å²) in [5, 5.41) is 8.72. The van der Waals surface area contributed by atoms with Crippen molar-refractivity contribution in [2.24, 2.45) is 5.92 Å². The number of pyridine rings is 1. The number of fused-ring (bicyclic) bond motifs is 1. The highest BCUT2D eigenvalue weighted by Gasteiger charge is 2.32. The molecule has 1 unspecified atom stereocenters. The van der Waals surface area contributed by atoms with Crippen LogP contribution in [0.15, 0.2) is 91.3 Å². The van der Waals surface area contributed by atoms with Crippen molar-refractivity contribution in [2.45, 2.75) is 38.5 Å². The number of carbonyl (C=O) groups excluding carboxylic acids is 1. The van der Waals surface area contributed by atoms with Gasteiger partial charge in [-0.3, -0.25) is 19.4 Å². The topological polar surface area (TPSA) is 72.3 Å². The van der Waals surface area contributed by atoms with Crippen molar-refractivity contribution in [2.75, 3.05) is 33.4 Å². The summed E-state index contributed by atoms with van der Waals surface area (Å²) in [6.07, 6.45) is 0.907. The molecule has 0 aliphatic carbocycles. The lowest BCUT2D eigenvalue weighted by molar-refractivity contribution is -0.141. The Kier molecular flexibility index (Phi) is 9.70.